The minimum atomic E-state index is -0.406. The molecule has 8 aromatic carbocycles. The monoisotopic (exact) mass is 762 g/mol. The molecule has 0 aliphatic heterocycles. The van der Waals surface area contributed by atoms with E-state index in [1.165, 1.54) is 76.5 Å². The number of benzene rings is 6. The van der Waals surface area contributed by atoms with Crippen molar-refractivity contribution < 1.29 is 47.8 Å². The molecule has 0 atom stereocenters. The van der Waals surface area contributed by atoms with E-state index in [1.807, 2.05) is 0 Å². The van der Waals surface area contributed by atoms with Crippen LogP contribution in [0.1, 0.15) is 0 Å². The van der Waals surface area contributed by atoms with Crippen molar-refractivity contribution in [3.05, 3.63) is 170 Å². The molecule has 0 aliphatic carbocycles. The third kappa shape index (κ3) is 7.19. The summed E-state index contributed by atoms with van der Waals surface area (Å²) < 4.78 is 0. The average Bonchev–Trinajstić information content (AvgIpc) is 3.61. The Kier molecular flexibility index (Phi) is 11.5. The predicted molar refractivity (Wildman–Crippen MR) is 172 cm³/mol. The first-order chi connectivity index (χ1) is 19.8. The Bertz CT molecular complexity index is 1780. The summed E-state index contributed by atoms with van der Waals surface area (Å²) in [4.78, 5) is 0. The van der Waals surface area contributed by atoms with Gasteiger partial charge in [0.1, 0.15) is 0 Å². The average molecular weight is 762 g/mol. The van der Waals surface area contributed by atoms with Gasteiger partial charge in [0.05, 0.1) is 0 Å². The van der Waals surface area contributed by atoms with Gasteiger partial charge in [0.2, 0.25) is 0 Å². The van der Waals surface area contributed by atoms with Crippen LogP contribution in [-0.4, -0.2) is 5.49 Å². The van der Waals surface area contributed by atoms with Gasteiger partial charge in [-0.15, -0.1) is 79.5 Å². The maximum Gasteiger partial charge on any atom is -0.0771 e. The zero-order valence-corrected chi connectivity index (χ0v) is 29.0. The Hall–Kier alpha value is -3.27. The van der Waals surface area contributed by atoms with Gasteiger partial charge in [-0.1, -0.05) is 72.8 Å². The summed E-state index contributed by atoms with van der Waals surface area (Å²) >= 11 is 1.27. The van der Waals surface area contributed by atoms with Crippen LogP contribution in [0.3, 0.4) is 0 Å². The van der Waals surface area contributed by atoms with Gasteiger partial charge in [-0.2, -0.15) is 0 Å². The molecule has 0 aromatic heterocycles. The van der Waals surface area contributed by atoms with Crippen molar-refractivity contribution in [2.75, 3.05) is 0 Å². The van der Waals surface area contributed by atoms with Crippen LogP contribution in [0.5, 0.6) is 0 Å². The van der Waals surface area contributed by atoms with Gasteiger partial charge in [0.15, 0.2) is 0 Å². The van der Waals surface area contributed by atoms with Crippen LogP contribution >= 0.6 is 0 Å². The normalized spacial score (nSPS) is 10.1. The van der Waals surface area contributed by atoms with Crippen LogP contribution in [0, 0.1) is 0 Å². The van der Waals surface area contributed by atoms with E-state index in [-0.39, 0.29) is 24.8 Å². The predicted octanol–water partition coefficient (Wildman–Crippen LogP) is 2.77. The van der Waals surface area contributed by atoms with Gasteiger partial charge < -0.3 is 24.8 Å². The largest absolute Gasteiger partial charge is 0.126 e. The minimum Gasteiger partial charge on any atom is -0.126 e. The smallest absolute Gasteiger partial charge is 0.0771 e. The Morgan fingerprint density at radius 2 is 0.571 bits per heavy atom. The third-order valence-corrected chi connectivity index (χ3v) is 15.2. The van der Waals surface area contributed by atoms with Crippen molar-refractivity contribution in [1.29, 1.82) is 0 Å². The Labute approximate surface area is 274 Å². The van der Waals surface area contributed by atoms with Crippen molar-refractivity contribution in [2.24, 2.45) is 0 Å². The van der Waals surface area contributed by atoms with Crippen LogP contribution in [-0.2, 0) is 23.0 Å². The van der Waals surface area contributed by atoms with Gasteiger partial charge >= 0.3 is 99.5 Å². The first-order valence-corrected chi connectivity index (χ1v) is 20.4. The van der Waals surface area contributed by atoms with Crippen LogP contribution in [0.25, 0.3) is 43.1 Å². The molecule has 0 radical (unpaired) electrons. The zero-order valence-electron chi connectivity index (χ0n) is 22.9. The zero-order chi connectivity index (χ0) is 27.1. The van der Waals surface area contributed by atoms with E-state index in [0.717, 1.165) is 0 Å². The quantitative estimate of drug-likeness (QED) is 0.188. The molecule has 0 N–H and O–H groups in total. The molecule has 0 saturated heterocycles. The van der Waals surface area contributed by atoms with Crippen LogP contribution in [0.4, 0.5) is 0 Å². The molecule has 0 amide bonds. The number of fused-ring (bicyclic) bond motifs is 6. The van der Waals surface area contributed by atoms with E-state index in [1.54, 1.807) is 0 Å². The van der Waals surface area contributed by atoms with Crippen molar-refractivity contribution >= 4 is 59.0 Å². The molecule has 0 saturated carbocycles. The summed E-state index contributed by atoms with van der Waals surface area (Å²) in [6.07, 6.45) is 0. The molecular formula is C38H28Cl2HfSi-2. The second-order valence-corrected chi connectivity index (χ2v) is 17.0. The molecule has 42 heavy (non-hydrogen) atoms. The van der Waals surface area contributed by atoms with Crippen molar-refractivity contribution in [2.45, 2.75) is 0 Å². The van der Waals surface area contributed by atoms with Crippen LogP contribution in [0.15, 0.2) is 170 Å². The van der Waals surface area contributed by atoms with E-state index in [2.05, 4.69) is 170 Å². The minimum absolute atomic E-state index is 0. The fourth-order valence-electron chi connectivity index (χ4n) is 5.18. The molecule has 0 fully saturated rings. The number of hydrogen-bond donors (Lipinski definition) is 0. The Balaban J connectivity index is 0.000000141. The molecule has 204 valence electrons. The topological polar surface area (TPSA) is 0 Å². The second-order valence-electron chi connectivity index (χ2n) is 9.74. The van der Waals surface area contributed by atoms with Crippen molar-refractivity contribution in [3.63, 3.8) is 0 Å². The molecule has 0 aliphatic rings. The van der Waals surface area contributed by atoms with E-state index in [4.69, 9.17) is 0 Å². The van der Waals surface area contributed by atoms with Crippen molar-refractivity contribution in [3.8, 4) is 0 Å². The standard InChI is InChI=1S/2C13H9.C12H10Si.2ClH.Hf/c2*1-3-7-12-10(5-1)9-11-6-2-4-8-13(11)12;1-3-7-11(8-4-1)13-12-9-5-2-6-10-12;;;/h2*1-9H;1-10H;2*1H;/q2*-1;;;;+2/p-2. The van der Waals surface area contributed by atoms with Gasteiger partial charge in [0, 0.05) is 0 Å². The molecular weight excluding hydrogens is 734 g/mol. The molecule has 0 bridgehead atoms. The molecule has 8 rings (SSSR count). The molecule has 8 aromatic rings. The van der Waals surface area contributed by atoms with E-state index in [9.17, 15) is 0 Å². The molecule has 4 heteroatoms. The third-order valence-electron chi connectivity index (χ3n) is 7.17. The van der Waals surface area contributed by atoms with Crippen LogP contribution < -0.4 is 35.2 Å². The summed E-state index contributed by atoms with van der Waals surface area (Å²) in [6, 6.07) is 60.3. The maximum absolute atomic E-state index is 2.26. The van der Waals surface area contributed by atoms with E-state index < -0.39 is 5.49 Å². The van der Waals surface area contributed by atoms with Gasteiger partial charge in [-0.25, -0.2) is 0 Å². The van der Waals surface area contributed by atoms with Gasteiger partial charge in [-0.3, -0.25) is 0 Å². The first-order valence-electron chi connectivity index (χ1n) is 13.5. The van der Waals surface area contributed by atoms with Gasteiger partial charge in [-0.05, 0) is 0 Å². The van der Waals surface area contributed by atoms with Crippen LogP contribution in [0.2, 0.25) is 0 Å². The Morgan fingerprint density at radius 1 is 0.333 bits per heavy atom. The summed E-state index contributed by atoms with van der Waals surface area (Å²) in [5.41, 5.74) is -0.406. The fraction of sp³-hybridized carbons (Fsp3) is 0. The van der Waals surface area contributed by atoms with Gasteiger partial charge in [0.25, 0.3) is 0 Å². The summed E-state index contributed by atoms with van der Waals surface area (Å²) in [6.45, 7) is 0. The van der Waals surface area contributed by atoms with E-state index >= 15 is 0 Å². The second kappa shape index (κ2) is 15.3. The number of halogens is 2. The molecule has 0 heterocycles. The van der Waals surface area contributed by atoms with E-state index in [0.29, 0.717) is 0 Å². The summed E-state index contributed by atoms with van der Waals surface area (Å²) in [5, 5.41) is 13.9. The molecule has 0 nitrogen and oxygen atoms in total. The SMILES string of the molecule is [Cl-].[Cl-].[Hf+2]=[Si](c1ccccc1)c1ccccc1.c1ccc2c(c1)[cH-]c1ccccc12.c1ccc2c(c1)[cH-]c1ccccc12. The Morgan fingerprint density at radius 3 is 0.857 bits per heavy atom. The molecule has 0 spiro atoms. The summed E-state index contributed by atoms with van der Waals surface area (Å²) in [7, 11) is 0. The number of hydrogen-bond acceptors (Lipinski definition) is 0. The maximum atomic E-state index is 2.26. The molecule has 0 unspecified atom stereocenters. The summed E-state index contributed by atoms with van der Waals surface area (Å²) in [5.74, 6) is 0. The fourth-order valence-corrected chi connectivity index (χ4v) is 10.2. The van der Waals surface area contributed by atoms with Crippen molar-refractivity contribution in [1.82, 2.24) is 0 Å². The number of rotatable bonds is 2. The first kappa shape index (κ1) is 31.7.